The van der Waals surface area contributed by atoms with Crippen LogP contribution in [0.5, 0.6) is 0 Å². The monoisotopic (exact) mass is 460 g/mol. The Kier molecular flexibility index (Phi) is 19.0. The summed E-state index contributed by atoms with van der Waals surface area (Å²) >= 11 is 0. The molecule has 1 fully saturated rings. The fraction of sp³-hybridized carbons (Fsp3) is 0.962. The van der Waals surface area contributed by atoms with Crippen molar-refractivity contribution in [1.82, 2.24) is 5.32 Å². The molecule has 1 heterocycles. The molecule has 1 aliphatic rings. The van der Waals surface area contributed by atoms with E-state index in [2.05, 4.69) is 33.3 Å². The number of carbonyl (C=O) groups is 1. The second-order valence-electron chi connectivity index (χ2n) is 10.7. The Morgan fingerprint density at radius 1 is 0.871 bits per heavy atom. The van der Waals surface area contributed by atoms with Gasteiger partial charge < -0.3 is 26.9 Å². The zero-order chi connectivity index (χ0) is 22.1. The lowest BCUT2D eigenvalue weighted by molar-refractivity contribution is -0.890. The van der Waals surface area contributed by atoms with E-state index in [1.54, 1.807) is 0 Å². The first-order valence-electron chi connectivity index (χ1n) is 13.1. The smallest absolute Gasteiger partial charge is 0.219 e. The molecule has 1 rings (SSSR count). The lowest BCUT2D eigenvalue weighted by atomic mass is 10.0. The number of quaternary nitrogens is 1. The molecular formula is C26H53ClN2O2. The third-order valence-electron chi connectivity index (χ3n) is 6.30. The average molecular weight is 461 g/mol. The second kappa shape index (κ2) is 19.2. The number of unbranched alkanes of at least 4 members (excludes halogenated alkanes) is 11. The van der Waals surface area contributed by atoms with E-state index in [1.165, 1.54) is 77.0 Å². The van der Waals surface area contributed by atoms with Crippen molar-refractivity contribution in [3.8, 4) is 0 Å². The molecule has 0 aromatic heterocycles. The molecule has 5 heteroatoms. The fourth-order valence-corrected chi connectivity index (χ4v) is 4.25. The predicted molar refractivity (Wildman–Crippen MR) is 129 cm³/mol. The average Bonchev–Trinajstić information content (AvgIpc) is 3.48. The van der Waals surface area contributed by atoms with E-state index in [9.17, 15) is 4.79 Å². The second-order valence-corrected chi connectivity index (χ2v) is 10.7. The summed E-state index contributed by atoms with van der Waals surface area (Å²) in [6.07, 6.45) is 19.8. The first-order valence-corrected chi connectivity index (χ1v) is 13.1. The Hall–Kier alpha value is -0.320. The van der Waals surface area contributed by atoms with E-state index in [-0.39, 0.29) is 18.3 Å². The maximum atomic E-state index is 12.0. The van der Waals surface area contributed by atoms with E-state index >= 15 is 0 Å². The molecule has 1 atom stereocenters. The highest BCUT2D eigenvalue weighted by atomic mass is 35.5. The van der Waals surface area contributed by atoms with Crippen LogP contribution in [0.1, 0.15) is 110 Å². The molecule has 1 amide bonds. The Morgan fingerprint density at radius 2 is 1.35 bits per heavy atom. The zero-order valence-corrected chi connectivity index (χ0v) is 22.0. The molecule has 0 spiro atoms. The van der Waals surface area contributed by atoms with Crippen LogP contribution in [-0.4, -0.2) is 56.8 Å². The van der Waals surface area contributed by atoms with Crippen molar-refractivity contribution in [2.45, 2.75) is 116 Å². The van der Waals surface area contributed by atoms with Gasteiger partial charge in [0, 0.05) is 19.4 Å². The van der Waals surface area contributed by atoms with Gasteiger partial charge in [-0.25, -0.2) is 0 Å². The van der Waals surface area contributed by atoms with Crippen LogP contribution in [0.25, 0.3) is 0 Å². The first kappa shape index (κ1) is 30.7. The van der Waals surface area contributed by atoms with E-state index in [1.807, 2.05) is 0 Å². The minimum Gasteiger partial charge on any atom is -1.00 e. The molecule has 0 aromatic rings. The summed E-state index contributed by atoms with van der Waals surface area (Å²) in [5, 5.41) is 3.09. The third-order valence-corrected chi connectivity index (χ3v) is 6.30. The van der Waals surface area contributed by atoms with Gasteiger partial charge in [0.25, 0.3) is 0 Å². The number of rotatable bonds is 21. The van der Waals surface area contributed by atoms with Gasteiger partial charge in [-0.1, -0.05) is 90.9 Å². The quantitative estimate of drug-likeness (QED) is 0.162. The summed E-state index contributed by atoms with van der Waals surface area (Å²) < 4.78 is 6.31. The van der Waals surface area contributed by atoms with Gasteiger partial charge in [0.2, 0.25) is 5.91 Å². The van der Waals surface area contributed by atoms with Crippen LogP contribution >= 0.6 is 0 Å². The van der Waals surface area contributed by atoms with Crippen molar-refractivity contribution in [2.24, 2.45) is 5.92 Å². The van der Waals surface area contributed by atoms with Crippen molar-refractivity contribution < 1.29 is 26.4 Å². The standard InChI is InChI=1S/C26H52N2O2.ClH/c1-24(2)18-15-13-11-9-7-5-6-8-10-12-14-16-19-26(29)27-20-17-21-28(3,4)22-25-23-30-25;/h24-25H,5-23H2,1-4H3;1H. The number of epoxide rings is 1. The number of nitrogens with one attached hydrogen (secondary N) is 1. The Labute approximate surface area is 200 Å². The molecule has 0 bridgehead atoms. The van der Waals surface area contributed by atoms with E-state index in [0.29, 0.717) is 12.5 Å². The molecular weight excluding hydrogens is 408 g/mol. The lowest BCUT2D eigenvalue weighted by Gasteiger charge is -2.29. The molecule has 0 saturated carbocycles. The van der Waals surface area contributed by atoms with Gasteiger partial charge in [-0.3, -0.25) is 4.79 Å². The summed E-state index contributed by atoms with van der Waals surface area (Å²) in [6, 6.07) is 0. The van der Waals surface area contributed by atoms with Gasteiger partial charge in [-0.15, -0.1) is 0 Å². The largest absolute Gasteiger partial charge is 1.00 e. The Morgan fingerprint density at radius 3 is 1.84 bits per heavy atom. The number of likely N-dealkylation sites (N-methyl/N-ethyl adjacent to an activating group) is 1. The van der Waals surface area contributed by atoms with Crippen molar-refractivity contribution in [1.29, 1.82) is 0 Å². The Bertz CT molecular complexity index is 426. The topological polar surface area (TPSA) is 41.6 Å². The van der Waals surface area contributed by atoms with Gasteiger partial charge in [0.1, 0.15) is 12.6 Å². The van der Waals surface area contributed by atoms with Crippen LogP contribution in [0.2, 0.25) is 0 Å². The number of nitrogens with zero attached hydrogens (tertiary/aromatic N) is 1. The summed E-state index contributed by atoms with van der Waals surface area (Å²) in [6.45, 7) is 8.57. The number of hydrogen-bond donors (Lipinski definition) is 1. The summed E-state index contributed by atoms with van der Waals surface area (Å²) in [5.74, 6) is 1.10. The molecule has 1 unspecified atom stereocenters. The third kappa shape index (κ3) is 21.3. The summed E-state index contributed by atoms with van der Waals surface area (Å²) in [4.78, 5) is 12.0. The number of carbonyl (C=O) groups excluding carboxylic acids is 1. The molecule has 31 heavy (non-hydrogen) atoms. The molecule has 1 saturated heterocycles. The van der Waals surface area contributed by atoms with Crippen LogP contribution in [0.15, 0.2) is 0 Å². The van der Waals surface area contributed by atoms with E-state index < -0.39 is 0 Å². The predicted octanol–water partition coefficient (Wildman–Crippen LogP) is 3.09. The lowest BCUT2D eigenvalue weighted by Crippen LogP contribution is -3.00. The minimum absolute atomic E-state index is 0. The van der Waals surface area contributed by atoms with Crippen LogP contribution in [0.4, 0.5) is 0 Å². The maximum Gasteiger partial charge on any atom is 0.219 e. The van der Waals surface area contributed by atoms with Gasteiger partial charge in [0.15, 0.2) is 0 Å². The molecule has 0 aromatic carbocycles. The van der Waals surface area contributed by atoms with Crippen LogP contribution in [0, 0.1) is 5.92 Å². The number of halogens is 1. The molecule has 1 aliphatic heterocycles. The number of amides is 1. The van der Waals surface area contributed by atoms with Gasteiger partial charge in [0.05, 0.1) is 27.2 Å². The molecule has 186 valence electrons. The van der Waals surface area contributed by atoms with E-state index in [4.69, 9.17) is 4.74 Å². The SMILES string of the molecule is CC(C)CCCCCCCCCCCCCCC(=O)NCCC[N+](C)(C)CC1CO1.[Cl-]. The van der Waals surface area contributed by atoms with Crippen LogP contribution in [0.3, 0.4) is 0 Å². The highest BCUT2D eigenvalue weighted by Crippen LogP contribution is 2.15. The fourth-order valence-electron chi connectivity index (χ4n) is 4.25. The maximum absolute atomic E-state index is 12.0. The van der Waals surface area contributed by atoms with Crippen molar-refractivity contribution >= 4 is 5.91 Å². The normalized spacial score (nSPS) is 15.7. The zero-order valence-electron chi connectivity index (χ0n) is 21.2. The summed E-state index contributed by atoms with van der Waals surface area (Å²) in [5.41, 5.74) is 0. The Balaban J connectivity index is 0.00000900. The highest BCUT2D eigenvalue weighted by Gasteiger charge is 2.31. The van der Waals surface area contributed by atoms with Crippen molar-refractivity contribution in [3.05, 3.63) is 0 Å². The van der Waals surface area contributed by atoms with E-state index in [0.717, 1.165) is 49.5 Å². The van der Waals surface area contributed by atoms with Crippen LogP contribution in [-0.2, 0) is 9.53 Å². The number of hydrogen-bond acceptors (Lipinski definition) is 2. The molecule has 0 aliphatic carbocycles. The molecule has 1 N–H and O–H groups in total. The van der Waals surface area contributed by atoms with Crippen molar-refractivity contribution in [2.75, 3.05) is 40.3 Å². The first-order chi connectivity index (χ1) is 14.4. The van der Waals surface area contributed by atoms with Gasteiger partial charge in [-0.05, 0) is 12.3 Å². The minimum atomic E-state index is 0. The summed E-state index contributed by atoms with van der Waals surface area (Å²) in [7, 11) is 4.50. The van der Waals surface area contributed by atoms with Gasteiger partial charge in [-0.2, -0.15) is 0 Å². The van der Waals surface area contributed by atoms with Gasteiger partial charge >= 0.3 is 0 Å². The number of ether oxygens (including phenoxy) is 1. The van der Waals surface area contributed by atoms with Crippen molar-refractivity contribution in [3.63, 3.8) is 0 Å². The van der Waals surface area contributed by atoms with Crippen LogP contribution < -0.4 is 17.7 Å². The molecule has 0 radical (unpaired) electrons. The molecule has 4 nitrogen and oxygen atoms in total. The highest BCUT2D eigenvalue weighted by molar-refractivity contribution is 5.75.